The number of nitrogens with two attached hydrogens (primary N) is 1. The first-order valence-electron chi connectivity index (χ1n) is 21.0. The van der Waals surface area contributed by atoms with Crippen molar-refractivity contribution < 1.29 is 34.8 Å². The molecule has 1 saturated carbocycles. The van der Waals surface area contributed by atoms with Gasteiger partial charge in [0.15, 0.2) is 0 Å². The Bertz CT molecular complexity index is 1810. The number of methoxy groups -OCH3 is 1. The minimum absolute atomic E-state index is 0.0748. The molecule has 1 amide bonds. The Kier molecular flexibility index (Phi) is 16.0. The standard InChI is InChI=1S/C46H70N6O7/c1-28(37-20-29(2)46(37,4)5)24-48-45(57)42-40(30(3)55)39(27-54)59-52(42)25-32-16-13-17-36(43(32)58-9)33-21-34(23-35(22-33)51(8)18-19-53)44(56)49-38(26-50(6)7)41(47)31-14-11-10-12-15-31/h10-17,21-23,28-30,37-42,45,48,53-55,57H,18-20,24-27,47H2,1-9H3,(H,49,56)/t28-,29-,30+,37+,38-,39+,40-,41+,42+,45?/m1/s1. The summed E-state index contributed by atoms with van der Waals surface area (Å²) in [5, 5.41) is 51.2. The number of para-hydroxylation sites is 1. The average Bonchev–Trinajstić information content (AvgIpc) is 3.59. The van der Waals surface area contributed by atoms with Gasteiger partial charge in [0, 0.05) is 55.0 Å². The van der Waals surface area contributed by atoms with E-state index in [1.807, 2.05) is 91.6 Å². The van der Waals surface area contributed by atoms with Crippen LogP contribution in [0.25, 0.3) is 11.1 Å². The van der Waals surface area contributed by atoms with Gasteiger partial charge < -0.3 is 46.0 Å². The molecule has 59 heavy (non-hydrogen) atoms. The Balaban J connectivity index is 1.46. The molecule has 8 N–H and O–H groups in total. The number of hydrogen-bond donors (Lipinski definition) is 7. The number of nitrogens with one attached hydrogen (secondary N) is 2. The second-order valence-electron chi connectivity index (χ2n) is 17.8. The summed E-state index contributed by atoms with van der Waals surface area (Å²) < 4.78 is 6.12. The van der Waals surface area contributed by atoms with Crippen LogP contribution in [0.15, 0.2) is 66.7 Å². The second-order valence-corrected chi connectivity index (χ2v) is 17.8. The summed E-state index contributed by atoms with van der Waals surface area (Å²) in [7, 11) is 7.33. The molecule has 2 fully saturated rings. The number of carbonyl (C=O) groups excluding carboxylic acids is 1. The molecule has 326 valence electrons. The van der Waals surface area contributed by atoms with Gasteiger partial charge in [-0.05, 0) is 79.9 Å². The SMILES string of the molecule is COc1c(CN2O[C@@H](CO)[C@@H]([C@H](C)O)[C@H]2C(O)NC[C@@H](C)[C@@H]2C[C@@H](C)C2(C)C)cccc1-c1cc(C(=O)N[C@H](CN(C)C)[C@@H](N)c2ccccc2)cc(N(C)CCO)c1. The van der Waals surface area contributed by atoms with E-state index in [2.05, 4.69) is 38.3 Å². The van der Waals surface area contributed by atoms with E-state index in [1.54, 1.807) is 25.2 Å². The Hall–Kier alpha value is -3.63. The van der Waals surface area contributed by atoms with Crippen molar-refractivity contribution in [2.75, 3.05) is 66.0 Å². The van der Waals surface area contributed by atoms with Gasteiger partial charge in [-0.1, -0.05) is 76.2 Å². The third kappa shape index (κ3) is 10.6. The van der Waals surface area contributed by atoms with Gasteiger partial charge in [-0.25, -0.2) is 0 Å². The third-order valence-corrected chi connectivity index (χ3v) is 13.1. The van der Waals surface area contributed by atoms with Gasteiger partial charge in [-0.3, -0.25) is 14.9 Å². The molecule has 13 heteroatoms. The molecular weight excluding hydrogens is 749 g/mol. The summed E-state index contributed by atoms with van der Waals surface area (Å²) in [6, 6.07) is 19.5. The van der Waals surface area contributed by atoms with E-state index in [0.717, 1.165) is 28.8 Å². The predicted molar refractivity (Wildman–Crippen MR) is 233 cm³/mol. The maximum atomic E-state index is 14.2. The Morgan fingerprint density at radius 3 is 2.36 bits per heavy atom. The number of aliphatic hydroxyl groups excluding tert-OH is 4. The van der Waals surface area contributed by atoms with Crippen molar-refractivity contribution in [2.24, 2.45) is 34.8 Å². The van der Waals surface area contributed by atoms with E-state index >= 15 is 0 Å². The number of hydrogen-bond acceptors (Lipinski definition) is 12. The van der Waals surface area contributed by atoms with Crippen LogP contribution in [0, 0.1) is 29.1 Å². The number of aliphatic hydroxyl groups is 4. The van der Waals surface area contributed by atoms with Gasteiger partial charge in [0.1, 0.15) is 18.1 Å². The Labute approximate surface area is 351 Å². The van der Waals surface area contributed by atoms with Crippen LogP contribution >= 0.6 is 0 Å². The maximum absolute atomic E-state index is 14.2. The van der Waals surface area contributed by atoms with Crippen molar-refractivity contribution in [1.82, 2.24) is 20.6 Å². The van der Waals surface area contributed by atoms with Crippen LogP contribution in [0.4, 0.5) is 5.69 Å². The van der Waals surface area contributed by atoms with Crippen LogP contribution in [0.2, 0.25) is 0 Å². The number of rotatable bonds is 20. The quantitative estimate of drug-likeness (QED) is 0.0822. The summed E-state index contributed by atoms with van der Waals surface area (Å²) in [5.41, 5.74) is 11.2. The number of amides is 1. The largest absolute Gasteiger partial charge is 0.496 e. The average molecular weight is 819 g/mol. The zero-order valence-electron chi connectivity index (χ0n) is 36.5. The predicted octanol–water partition coefficient (Wildman–Crippen LogP) is 3.85. The zero-order valence-corrected chi connectivity index (χ0v) is 36.5. The van der Waals surface area contributed by atoms with Crippen LogP contribution in [0.5, 0.6) is 5.75 Å². The summed E-state index contributed by atoms with van der Waals surface area (Å²) in [6.45, 7) is 12.0. The Morgan fingerprint density at radius 1 is 1.05 bits per heavy atom. The maximum Gasteiger partial charge on any atom is 0.251 e. The van der Waals surface area contributed by atoms with E-state index in [9.17, 15) is 25.2 Å². The molecule has 1 unspecified atom stereocenters. The van der Waals surface area contributed by atoms with E-state index in [0.29, 0.717) is 54.3 Å². The molecular formula is C46H70N6O7. The molecule has 1 aliphatic heterocycles. The minimum atomic E-state index is -1.06. The molecule has 3 aromatic rings. The van der Waals surface area contributed by atoms with E-state index < -0.39 is 42.5 Å². The van der Waals surface area contributed by atoms with E-state index in [1.165, 1.54) is 0 Å². The highest BCUT2D eigenvalue weighted by atomic mass is 16.7. The highest BCUT2D eigenvalue weighted by Crippen LogP contribution is 2.54. The van der Waals surface area contributed by atoms with Crippen molar-refractivity contribution in [3.8, 4) is 16.9 Å². The molecule has 0 radical (unpaired) electrons. The highest BCUT2D eigenvalue weighted by molar-refractivity contribution is 5.97. The minimum Gasteiger partial charge on any atom is -0.496 e. The molecule has 0 bridgehead atoms. The fourth-order valence-corrected chi connectivity index (χ4v) is 9.26. The highest BCUT2D eigenvalue weighted by Gasteiger charge is 2.50. The first kappa shape index (κ1) is 46.4. The van der Waals surface area contributed by atoms with Crippen LogP contribution < -0.4 is 26.0 Å². The van der Waals surface area contributed by atoms with E-state index in [-0.39, 0.29) is 31.1 Å². The van der Waals surface area contributed by atoms with Crippen molar-refractivity contribution >= 4 is 11.6 Å². The smallest absolute Gasteiger partial charge is 0.251 e. The van der Waals surface area contributed by atoms with Crippen molar-refractivity contribution in [1.29, 1.82) is 0 Å². The van der Waals surface area contributed by atoms with Crippen LogP contribution in [0.1, 0.15) is 68.6 Å². The first-order valence-corrected chi connectivity index (χ1v) is 21.0. The van der Waals surface area contributed by atoms with Gasteiger partial charge in [0.25, 0.3) is 5.91 Å². The van der Waals surface area contributed by atoms with Crippen molar-refractivity contribution in [3.63, 3.8) is 0 Å². The summed E-state index contributed by atoms with van der Waals surface area (Å²) in [5.74, 6) is 1.15. The molecule has 0 aromatic heterocycles. The molecule has 1 heterocycles. The number of anilines is 1. The molecule has 0 spiro atoms. The molecule has 1 saturated heterocycles. The summed E-state index contributed by atoms with van der Waals surface area (Å²) in [6.07, 6.45) is -1.52. The molecule has 13 nitrogen and oxygen atoms in total. The van der Waals surface area contributed by atoms with Gasteiger partial charge >= 0.3 is 0 Å². The van der Waals surface area contributed by atoms with Gasteiger partial charge in [0.05, 0.1) is 51.1 Å². The number of nitrogens with zero attached hydrogens (tertiary/aromatic N) is 3. The zero-order chi connectivity index (χ0) is 43.2. The van der Waals surface area contributed by atoms with Gasteiger partial charge in [-0.2, -0.15) is 5.06 Å². The molecule has 1 aliphatic carbocycles. The number of benzene rings is 3. The topological polar surface area (TPSA) is 176 Å². The monoisotopic (exact) mass is 819 g/mol. The van der Waals surface area contributed by atoms with Crippen molar-refractivity contribution in [3.05, 3.63) is 83.4 Å². The Morgan fingerprint density at radius 2 is 1.76 bits per heavy atom. The normalized spacial score (nSPS) is 24.2. The van der Waals surface area contributed by atoms with Crippen LogP contribution in [-0.2, 0) is 11.4 Å². The lowest BCUT2D eigenvalue weighted by molar-refractivity contribution is -0.191. The molecule has 10 atom stereocenters. The lowest BCUT2D eigenvalue weighted by Crippen LogP contribution is -2.54. The fourth-order valence-electron chi connectivity index (χ4n) is 9.26. The number of ether oxygens (including phenoxy) is 1. The van der Waals surface area contributed by atoms with Gasteiger partial charge in [0.2, 0.25) is 0 Å². The lowest BCUT2D eigenvalue weighted by atomic mass is 9.52. The van der Waals surface area contributed by atoms with E-state index in [4.69, 9.17) is 15.3 Å². The number of hydroxylamine groups is 2. The molecule has 2 aliphatic rings. The second kappa shape index (κ2) is 20.3. The molecule has 5 rings (SSSR count). The van der Waals surface area contributed by atoms with Gasteiger partial charge in [-0.15, -0.1) is 0 Å². The summed E-state index contributed by atoms with van der Waals surface area (Å²) >= 11 is 0. The lowest BCUT2D eigenvalue weighted by Gasteiger charge is -2.54. The summed E-state index contributed by atoms with van der Waals surface area (Å²) in [4.78, 5) is 24.4. The third-order valence-electron chi connectivity index (χ3n) is 13.1. The van der Waals surface area contributed by atoms with Crippen LogP contribution in [-0.4, -0.2) is 128 Å². The molecule has 3 aromatic carbocycles. The number of carbonyl (C=O) groups is 1. The van der Waals surface area contributed by atoms with Crippen molar-refractivity contribution in [2.45, 2.75) is 84.1 Å². The fraction of sp³-hybridized carbons (Fsp3) is 0.587. The van der Waals surface area contributed by atoms with Crippen LogP contribution in [0.3, 0.4) is 0 Å². The first-order chi connectivity index (χ1) is 28.0. The number of likely N-dealkylation sites (N-methyl/N-ethyl adjacent to an activating group) is 2.